The molecule has 122 valence electrons. The molecule has 1 unspecified atom stereocenters. The zero-order valence-corrected chi connectivity index (χ0v) is 12.9. The third-order valence-electron chi connectivity index (χ3n) is 3.17. The van der Waals surface area contributed by atoms with Gasteiger partial charge in [-0.1, -0.05) is 52.4 Å². The topological polar surface area (TPSA) is 21.3 Å². The van der Waals surface area contributed by atoms with Gasteiger partial charge in [-0.05, 0) is 19.4 Å². The van der Waals surface area contributed by atoms with Crippen molar-refractivity contribution in [3.63, 3.8) is 0 Å². The predicted molar refractivity (Wildman–Crippen MR) is 76.9 cm³/mol. The Hall–Kier alpha value is -0.290. The number of rotatable bonds is 13. The van der Waals surface area contributed by atoms with Gasteiger partial charge in [0.25, 0.3) is 0 Å². The van der Waals surface area contributed by atoms with Crippen molar-refractivity contribution in [2.75, 3.05) is 19.8 Å². The molecule has 0 aliphatic heterocycles. The van der Waals surface area contributed by atoms with E-state index in [1.54, 1.807) is 0 Å². The highest BCUT2D eigenvalue weighted by molar-refractivity contribution is 4.66. The number of nitrogens with one attached hydrogen (secondary N) is 1. The summed E-state index contributed by atoms with van der Waals surface area (Å²) < 4.78 is 40.9. The van der Waals surface area contributed by atoms with Crippen LogP contribution in [0.25, 0.3) is 0 Å². The molecule has 0 aromatic heterocycles. The van der Waals surface area contributed by atoms with Gasteiger partial charge in [0, 0.05) is 6.04 Å². The molecule has 0 saturated heterocycles. The lowest BCUT2D eigenvalue weighted by Crippen LogP contribution is -2.35. The van der Waals surface area contributed by atoms with E-state index in [1.807, 2.05) is 6.92 Å². The minimum absolute atomic E-state index is 0.0449. The van der Waals surface area contributed by atoms with Gasteiger partial charge >= 0.3 is 6.18 Å². The minimum Gasteiger partial charge on any atom is -0.370 e. The molecule has 20 heavy (non-hydrogen) atoms. The van der Waals surface area contributed by atoms with E-state index in [1.165, 1.54) is 25.7 Å². The van der Waals surface area contributed by atoms with Crippen molar-refractivity contribution in [2.24, 2.45) is 0 Å². The van der Waals surface area contributed by atoms with E-state index in [0.717, 1.165) is 32.2 Å². The highest BCUT2D eigenvalue weighted by Crippen LogP contribution is 2.15. The average molecular weight is 297 g/mol. The Morgan fingerprint density at radius 1 is 0.950 bits per heavy atom. The highest BCUT2D eigenvalue weighted by atomic mass is 19.4. The molecule has 0 rings (SSSR count). The molecule has 0 heterocycles. The summed E-state index contributed by atoms with van der Waals surface area (Å²) in [6, 6.07) is 0.0449. The van der Waals surface area contributed by atoms with Crippen LogP contribution in [0.2, 0.25) is 0 Å². The lowest BCUT2D eigenvalue weighted by Gasteiger charge is -2.19. The first-order valence-corrected chi connectivity index (χ1v) is 7.87. The lowest BCUT2D eigenvalue weighted by molar-refractivity contribution is -0.175. The van der Waals surface area contributed by atoms with Crippen LogP contribution >= 0.6 is 0 Å². The van der Waals surface area contributed by atoms with Gasteiger partial charge in [-0.2, -0.15) is 13.2 Å². The van der Waals surface area contributed by atoms with E-state index >= 15 is 0 Å². The molecule has 0 aromatic carbocycles. The number of alkyl halides is 3. The van der Waals surface area contributed by atoms with Crippen molar-refractivity contribution in [1.29, 1.82) is 0 Å². The Labute approximate surface area is 121 Å². The standard InChI is InChI=1S/C15H30F3NO/c1-3-5-6-7-8-9-10-14(19-11-4-2)12-20-13-15(16,17)18/h14,19H,3-13H2,1-2H3. The van der Waals surface area contributed by atoms with Crippen LogP contribution in [0.5, 0.6) is 0 Å². The van der Waals surface area contributed by atoms with Gasteiger partial charge in [0.1, 0.15) is 6.61 Å². The first-order valence-electron chi connectivity index (χ1n) is 7.87. The maximum Gasteiger partial charge on any atom is 0.411 e. The molecule has 0 aliphatic rings. The maximum absolute atomic E-state index is 12.0. The predicted octanol–water partition coefficient (Wildman–Crippen LogP) is 4.68. The summed E-state index contributed by atoms with van der Waals surface area (Å²) in [6.07, 6.45) is 4.83. The third-order valence-corrected chi connectivity index (χ3v) is 3.17. The Morgan fingerprint density at radius 3 is 2.20 bits per heavy atom. The van der Waals surface area contributed by atoms with E-state index in [-0.39, 0.29) is 12.6 Å². The van der Waals surface area contributed by atoms with Crippen molar-refractivity contribution in [3.8, 4) is 0 Å². The molecule has 0 radical (unpaired) electrons. The van der Waals surface area contributed by atoms with Crippen molar-refractivity contribution < 1.29 is 17.9 Å². The first kappa shape index (κ1) is 19.7. The normalized spacial score (nSPS) is 13.7. The number of halogens is 3. The quantitative estimate of drug-likeness (QED) is 0.498. The van der Waals surface area contributed by atoms with Crippen LogP contribution in [-0.2, 0) is 4.74 Å². The van der Waals surface area contributed by atoms with Gasteiger partial charge in [-0.3, -0.25) is 0 Å². The van der Waals surface area contributed by atoms with Gasteiger partial charge in [0.05, 0.1) is 6.61 Å². The fourth-order valence-corrected chi connectivity index (χ4v) is 2.08. The molecule has 5 heteroatoms. The highest BCUT2D eigenvalue weighted by Gasteiger charge is 2.27. The summed E-state index contributed by atoms with van der Waals surface area (Å²) in [6.45, 7) is 4.06. The van der Waals surface area contributed by atoms with Crippen molar-refractivity contribution in [2.45, 2.75) is 77.4 Å². The van der Waals surface area contributed by atoms with Gasteiger partial charge < -0.3 is 10.1 Å². The van der Waals surface area contributed by atoms with Crippen molar-refractivity contribution >= 4 is 0 Å². The van der Waals surface area contributed by atoms with Crippen LogP contribution in [0.15, 0.2) is 0 Å². The second-order valence-electron chi connectivity index (χ2n) is 5.34. The zero-order valence-electron chi connectivity index (χ0n) is 12.9. The van der Waals surface area contributed by atoms with Crippen LogP contribution in [0.3, 0.4) is 0 Å². The molecule has 0 saturated carbocycles. The maximum atomic E-state index is 12.0. The van der Waals surface area contributed by atoms with Crippen LogP contribution in [0.4, 0.5) is 13.2 Å². The minimum atomic E-state index is -4.23. The van der Waals surface area contributed by atoms with Gasteiger partial charge in [-0.25, -0.2) is 0 Å². The Kier molecular flexibility index (Phi) is 12.3. The van der Waals surface area contributed by atoms with Gasteiger partial charge in [0.2, 0.25) is 0 Å². The smallest absolute Gasteiger partial charge is 0.370 e. The average Bonchev–Trinajstić information content (AvgIpc) is 2.37. The molecule has 0 aromatic rings. The number of hydrogen-bond acceptors (Lipinski definition) is 2. The van der Waals surface area contributed by atoms with Crippen molar-refractivity contribution in [1.82, 2.24) is 5.32 Å². The Bertz CT molecular complexity index is 210. The van der Waals surface area contributed by atoms with Crippen LogP contribution in [0, 0.1) is 0 Å². The summed E-state index contributed by atoms with van der Waals surface area (Å²) >= 11 is 0. The Balaban J connectivity index is 3.72. The van der Waals surface area contributed by atoms with E-state index in [2.05, 4.69) is 12.2 Å². The van der Waals surface area contributed by atoms with E-state index in [9.17, 15) is 13.2 Å². The number of ether oxygens (including phenoxy) is 1. The fourth-order valence-electron chi connectivity index (χ4n) is 2.08. The third kappa shape index (κ3) is 14.1. The second kappa shape index (κ2) is 12.5. The molecular weight excluding hydrogens is 267 g/mol. The molecule has 1 atom stereocenters. The molecule has 2 nitrogen and oxygen atoms in total. The van der Waals surface area contributed by atoms with E-state index < -0.39 is 12.8 Å². The number of hydrogen-bond donors (Lipinski definition) is 1. The van der Waals surface area contributed by atoms with E-state index in [4.69, 9.17) is 4.74 Å². The molecule has 0 fully saturated rings. The zero-order chi connectivity index (χ0) is 15.3. The largest absolute Gasteiger partial charge is 0.411 e. The monoisotopic (exact) mass is 297 g/mol. The summed E-state index contributed by atoms with van der Waals surface area (Å²) in [7, 11) is 0. The second-order valence-corrected chi connectivity index (χ2v) is 5.34. The summed E-state index contributed by atoms with van der Waals surface area (Å²) in [5.74, 6) is 0. The summed E-state index contributed by atoms with van der Waals surface area (Å²) in [5.41, 5.74) is 0. The van der Waals surface area contributed by atoms with Crippen LogP contribution in [-0.4, -0.2) is 32.0 Å². The summed E-state index contributed by atoms with van der Waals surface area (Å²) in [5, 5.41) is 3.27. The molecule has 0 bridgehead atoms. The van der Waals surface area contributed by atoms with Crippen molar-refractivity contribution in [3.05, 3.63) is 0 Å². The molecule has 0 spiro atoms. The first-order chi connectivity index (χ1) is 9.49. The molecule has 1 N–H and O–H groups in total. The molecule has 0 aliphatic carbocycles. The SMILES string of the molecule is CCCCCCCCC(COCC(F)(F)F)NCCC. The Morgan fingerprint density at radius 2 is 1.60 bits per heavy atom. The lowest BCUT2D eigenvalue weighted by atomic mass is 10.1. The molecular formula is C15H30F3NO. The van der Waals surface area contributed by atoms with Gasteiger partial charge in [-0.15, -0.1) is 0 Å². The summed E-state index contributed by atoms with van der Waals surface area (Å²) in [4.78, 5) is 0. The van der Waals surface area contributed by atoms with Gasteiger partial charge in [0.15, 0.2) is 0 Å². The molecule has 0 amide bonds. The fraction of sp³-hybridized carbons (Fsp3) is 1.00. The van der Waals surface area contributed by atoms with Crippen LogP contribution < -0.4 is 5.32 Å². The van der Waals surface area contributed by atoms with E-state index in [0.29, 0.717) is 0 Å². The van der Waals surface area contributed by atoms with Crippen LogP contribution in [0.1, 0.15) is 65.2 Å². The number of unbranched alkanes of at least 4 members (excludes halogenated alkanes) is 5.